The van der Waals surface area contributed by atoms with Gasteiger partial charge < -0.3 is 5.73 Å². The van der Waals surface area contributed by atoms with Gasteiger partial charge in [0.05, 0.1) is 25.8 Å². The maximum atomic E-state index is 12.2. The van der Waals surface area contributed by atoms with Crippen molar-refractivity contribution in [1.82, 2.24) is 14.8 Å². The number of pyridine rings is 1. The summed E-state index contributed by atoms with van der Waals surface area (Å²) in [5, 5.41) is 4.18. The fourth-order valence-corrected chi connectivity index (χ4v) is 1.47. The van der Waals surface area contributed by atoms with Gasteiger partial charge in [-0.2, -0.15) is 18.3 Å². The number of alkyl halides is 3. The van der Waals surface area contributed by atoms with E-state index in [-0.39, 0.29) is 0 Å². The summed E-state index contributed by atoms with van der Waals surface area (Å²) in [5.74, 6) is -0.759. The van der Waals surface area contributed by atoms with Crippen LogP contribution in [0.25, 0.3) is 10.9 Å². The van der Waals surface area contributed by atoms with Gasteiger partial charge >= 0.3 is 6.18 Å². The third kappa shape index (κ3) is 2.58. The highest BCUT2D eigenvalue weighted by Crippen LogP contribution is 2.21. The summed E-state index contributed by atoms with van der Waals surface area (Å²) in [5.41, 5.74) is 6.13. The van der Waals surface area contributed by atoms with Crippen LogP contribution in [-0.4, -0.2) is 28.8 Å². The molecule has 2 radical (unpaired) electrons. The lowest BCUT2D eigenvalue weighted by Gasteiger charge is -2.08. The van der Waals surface area contributed by atoms with E-state index in [2.05, 4.69) is 10.1 Å². The molecule has 1 unspecified atom stereocenters. The Hall–Kier alpha value is -1.57. The topological polar surface area (TPSA) is 56.7 Å². The van der Waals surface area contributed by atoms with Crippen LogP contribution in [0.5, 0.6) is 0 Å². The van der Waals surface area contributed by atoms with Crippen molar-refractivity contribution in [3.05, 3.63) is 24.2 Å². The van der Waals surface area contributed by atoms with E-state index in [0.717, 1.165) is 4.68 Å². The van der Waals surface area contributed by atoms with Gasteiger partial charge in [0.2, 0.25) is 0 Å². The van der Waals surface area contributed by atoms with E-state index in [1.165, 1.54) is 18.5 Å². The molecule has 1 atom stereocenters. The van der Waals surface area contributed by atoms with Crippen LogP contribution in [0.4, 0.5) is 13.2 Å². The first-order valence-corrected chi connectivity index (χ1v) is 4.76. The second-order valence-electron chi connectivity index (χ2n) is 3.61. The minimum atomic E-state index is -4.32. The third-order valence-corrected chi connectivity index (χ3v) is 2.22. The van der Waals surface area contributed by atoms with Crippen molar-refractivity contribution in [1.29, 1.82) is 0 Å². The zero-order chi connectivity index (χ0) is 12.6. The van der Waals surface area contributed by atoms with E-state index in [1.807, 2.05) is 0 Å². The quantitative estimate of drug-likeness (QED) is 0.800. The van der Waals surface area contributed by atoms with Gasteiger partial charge in [0.1, 0.15) is 6.54 Å². The van der Waals surface area contributed by atoms with E-state index in [9.17, 15) is 13.2 Å². The van der Waals surface area contributed by atoms with Crippen molar-refractivity contribution < 1.29 is 13.2 Å². The Kier molecular flexibility index (Phi) is 2.82. The summed E-state index contributed by atoms with van der Waals surface area (Å²) in [7, 11) is 5.42. The second kappa shape index (κ2) is 4.03. The van der Waals surface area contributed by atoms with E-state index >= 15 is 0 Å². The smallest absolute Gasteiger partial charge is 0.330 e. The summed E-state index contributed by atoms with van der Waals surface area (Å²) in [4.78, 5) is 3.89. The molecular weight excluding hydrogens is 232 g/mol. The fraction of sp³-hybridized carbons (Fsp3) is 0.333. The van der Waals surface area contributed by atoms with E-state index < -0.39 is 18.7 Å². The van der Waals surface area contributed by atoms with E-state index in [0.29, 0.717) is 16.6 Å². The molecule has 2 N–H and O–H groups in total. The van der Waals surface area contributed by atoms with Crippen LogP contribution in [0.3, 0.4) is 0 Å². The number of hydrogen-bond acceptors (Lipinski definition) is 3. The molecule has 2 heterocycles. The molecule has 0 aliphatic carbocycles. The standard InChI is InChI=1S/C9H8BF3N4/c10-8(14)6-1-5-2-16-17(4-9(11,12)13)7(5)3-15-6/h1-3,8H,4,14H2. The summed E-state index contributed by atoms with van der Waals surface area (Å²) >= 11 is 0. The molecule has 0 aromatic carbocycles. The molecule has 0 spiro atoms. The normalized spacial score (nSPS) is 14.1. The molecule has 2 aromatic heterocycles. The number of nitrogens with two attached hydrogens (primary N) is 1. The summed E-state index contributed by atoms with van der Waals surface area (Å²) in [6.07, 6.45) is -1.70. The molecule has 0 aliphatic heterocycles. The predicted octanol–water partition coefficient (Wildman–Crippen LogP) is 1.12. The Morgan fingerprint density at radius 3 is 2.71 bits per heavy atom. The molecule has 0 aliphatic rings. The minimum Gasteiger partial charge on any atom is -0.330 e. The number of fused-ring (bicyclic) bond motifs is 1. The Bertz CT molecular complexity index is 535. The van der Waals surface area contributed by atoms with Crippen molar-refractivity contribution in [2.75, 3.05) is 0 Å². The van der Waals surface area contributed by atoms with Gasteiger partial charge in [-0.15, -0.1) is 0 Å². The number of aromatic nitrogens is 3. The van der Waals surface area contributed by atoms with Gasteiger partial charge in [0.25, 0.3) is 0 Å². The van der Waals surface area contributed by atoms with Crippen molar-refractivity contribution in [3.8, 4) is 0 Å². The molecule has 2 aromatic rings. The minimum absolute atomic E-state index is 0.298. The highest BCUT2D eigenvalue weighted by Gasteiger charge is 2.29. The number of rotatable bonds is 2. The van der Waals surface area contributed by atoms with Crippen molar-refractivity contribution in [2.24, 2.45) is 5.73 Å². The highest BCUT2D eigenvalue weighted by atomic mass is 19.4. The molecule has 0 saturated carbocycles. The molecule has 0 saturated heterocycles. The lowest BCUT2D eigenvalue weighted by Crippen LogP contribution is -2.18. The Balaban J connectivity index is 2.42. The van der Waals surface area contributed by atoms with Gasteiger partial charge in [-0.3, -0.25) is 9.67 Å². The maximum absolute atomic E-state index is 12.2. The molecule has 0 bridgehead atoms. The summed E-state index contributed by atoms with van der Waals surface area (Å²) in [6, 6.07) is 1.53. The number of nitrogens with zero attached hydrogens (tertiary/aromatic N) is 3. The average Bonchev–Trinajstić information content (AvgIpc) is 2.58. The monoisotopic (exact) mass is 240 g/mol. The Morgan fingerprint density at radius 2 is 2.12 bits per heavy atom. The van der Waals surface area contributed by atoms with E-state index in [1.54, 1.807) is 0 Å². The Labute approximate surface area is 96.0 Å². The van der Waals surface area contributed by atoms with Crippen LogP contribution in [0.1, 0.15) is 11.6 Å². The summed E-state index contributed by atoms with van der Waals surface area (Å²) in [6.45, 7) is -1.15. The summed E-state index contributed by atoms with van der Waals surface area (Å²) < 4.78 is 37.5. The van der Waals surface area contributed by atoms with Crippen molar-refractivity contribution >= 4 is 18.7 Å². The number of halogens is 3. The zero-order valence-electron chi connectivity index (χ0n) is 8.65. The van der Waals surface area contributed by atoms with Gasteiger partial charge in [-0.25, -0.2) is 0 Å². The van der Waals surface area contributed by atoms with Crippen molar-refractivity contribution in [3.63, 3.8) is 0 Å². The maximum Gasteiger partial charge on any atom is 0.408 e. The lowest BCUT2D eigenvalue weighted by atomic mass is 9.94. The highest BCUT2D eigenvalue weighted by molar-refractivity contribution is 6.11. The van der Waals surface area contributed by atoms with Gasteiger partial charge in [-0.05, 0) is 6.07 Å². The molecule has 0 fully saturated rings. The fourth-order valence-electron chi connectivity index (χ4n) is 1.47. The second-order valence-corrected chi connectivity index (χ2v) is 3.61. The van der Waals surface area contributed by atoms with Gasteiger partial charge in [0, 0.05) is 17.0 Å². The zero-order valence-corrected chi connectivity index (χ0v) is 8.65. The van der Waals surface area contributed by atoms with Crippen LogP contribution in [0.15, 0.2) is 18.5 Å². The molecule has 8 heteroatoms. The van der Waals surface area contributed by atoms with Crippen LogP contribution < -0.4 is 5.73 Å². The predicted molar refractivity (Wildman–Crippen MR) is 56.3 cm³/mol. The van der Waals surface area contributed by atoms with E-state index in [4.69, 9.17) is 13.6 Å². The van der Waals surface area contributed by atoms with Crippen molar-refractivity contribution in [2.45, 2.75) is 18.7 Å². The van der Waals surface area contributed by atoms with Crippen LogP contribution >= 0.6 is 0 Å². The van der Waals surface area contributed by atoms with Gasteiger partial charge in [-0.1, -0.05) is 0 Å². The average molecular weight is 240 g/mol. The first kappa shape index (κ1) is 11.9. The molecule has 88 valence electrons. The van der Waals surface area contributed by atoms with Crippen LogP contribution in [0.2, 0.25) is 0 Å². The molecule has 4 nitrogen and oxygen atoms in total. The molecule has 17 heavy (non-hydrogen) atoms. The van der Waals surface area contributed by atoms with Gasteiger partial charge in [0.15, 0.2) is 0 Å². The first-order valence-electron chi connectivity index (χ1n) is 4.76. The van der Waals surface area contributed by atoms with Crippen LogP contribution in [-0.2, 0) is 6.54 Å². The molecular formula is C9H8BF3N4. The third-order valence-electron chi connectivity index (χ3n) is 2.22. The molecule has 2 rings (SSSR count). The Morgan fingerprint density at radius 1 is 1.41 bits per heavy atom. The lowest BCUT2D eigenvalue weighted by molar-refractivity contribution is -0.141. The molecule has 0 amide bonds. The number of hydrogen-bond donors (Lipinski definition) is 1. The first-order chi connectivity index (χ1) is 7.87. The largest absolute Gasteiger partial charge is 0.408 e. The SMILES string of the molecule is [B]C(N)c1cc2cnn(CC(F)(F)F)c2cn1. The van der Waals surface area contributed by atoms with Crippen LogP contribution in [0, 0.1) is 0 Å².